The molecule has 1 amide bonds. The molecule has 0 aromatic rings. The van der Waals surface area contributed by atoms with E-state index in [1.807, 2.05) is 6.26 Å². The van der Waals surface area contributed by atoms with E-state index in [9.17, 15) is 4.79 Å². The van der Waals surface area contributed by atoms with Crippen molar-refractivity contribution < 1.29 is 4.79 Å². The molecule has 0 bridgehead atoms. The Morgan fingerprint density at radius 2 is 2.40 bits per heavy atom. The van der Waals surface area contributed by atoms with Crippen LogP contribution in [-0.4, -0.2) is 17.0 Å². The molecule has 1 rings (SSSR count). The van der Waals surface area contributed by atoms with Crippen molar-refractivity contribution in [1.82, 2.24) is 5.32 Å². The van der Waals surface area contributed by atoms with E-state index in [-0.39, 0.29) is 10.8 Å². The molecule has 3 heteroatoms. The highest BCUT2D eigenvalue weighted by Crippen LogP contribution is 2.44. The minimum absolute atomic E-state index is 0.0608. The van der Waals surface area contributed by atoms with Crippen molar-refractivity contribution in [2.75, 3.05) is 6.26 Å². The third kappa shape index (κ3) is 1.53. The number of carbonyl (C=O) groups excluding carboxylic acids is 1. The van der Waals surface area contributed by atoms with Crippen molar-refractivity contribution in [2.45, 2.75) is 17.7 Å². The lowest BCUT2D eigenvalue weighted by molar-refractivity contribution is -0.116. The summed E-state index contributed by atoms with van der Waals surface area (Å²) in [6, 6.07) is 0. The first kappa shape index (κ1) is 7.66. The van der Waals surface area contributed by atoms with Crippen LogP contribution in [0.4, 0.5) is 0 Å². The van der Waals surface area contributed by atoms with Crippen molar-refractivity contribution in [3.8, 4) is 0 Å². The minimum Gasteiger partial charge on any atom is -0.338 e. The number of thioether (sulfide) groups is 1. The summed E-state index contributed by atoms with van der Waals surface area (Å²) in [7, 11) is 0. The van der Waals surface area contributed by atoms with E-state index in [1.54, 1.807) is 11.8 Å². The quantitative estimate of drug-likeness (QED) is 0.491. The van der Waals surface area contributed by atoms with Crippen molar-refractivity contribution in [3.05, 3.63) is 12.7 Å². The van der Waals surface area contributed by atoms with Crippen LogP contribution in [0.25, 0.3) is 0 Å². The summed E-state index contributed by atoms with van der Waals surface area (Å²) in [6.07, 6.45) is 5.51. The van der Waals surface area contributed by atoms with Crippen LogP contribution >= 0.6 is 11.8 Å². The van der Waals surface area contributed by atoms with Gasteiger partial charge in [-0.15, -0.1) is 11.8 Å². The molecular weight excluding hydrogens is 146 g/mol. The van der Waals surface area contributed by atoms with Crippen LogP contribution in [0, 0.1) is 0 Å². The van der Waals surface area contributed by atoms with E-state index in [0.717, 1.165) is 12.8 Å². The van der Waals surface area contributed by atoms with E-state index >= 15 is 0 Å². The summed E-state index contributed by atoms with van der Waals surface area (Å²) < 4.78 is 0. The Labute approximate surface area is 65.1 Å². The van der Waals surface area contributed by atoms with Gasteiger partial charge in [-0.05, 0) is 25.2 Å². The van der Waals surface area contributed by atoms with Crippen LogP contribution in [0.5, 0.6) is 0 Å². The Morgan fingerprint density at radius 3 is 2.70 bits per heavy atom. The van der Waals surface area contributed by atoms with Gasteiger partial charge in [0.1, 0.15) is 0 Å². The van der Waals surface area contributed by atoms with Crippen molar-refractivity contribution in [1.29, 1.82) is 0 Å². The Balaban J connectivity index is 2.37. The summed E-state index contributed by atoms with van der Waals surface area (Å²) >= 11 is 1.70. The first-order chi connectivity index (χ1) is 4.72. The second kappa shape index (κ2) is 2.66. The lowest BCUT2D eigenvalue weighted by Gasteiger charge is -2.11. The van der Waals surface area contributed by atoms with Gasteiger partial charge in [0, 0.05) is 0 Å². The van der Waals surface area contributed by atoms with E-state index < -0.39 is 0 Å². The molecule has 0 aromatic carbocycles. The van der Waals surface area contributed by atoms with Gasteiger partial charge in [-0.2, -0.15) is 0 Å². The first-order valence-electron chi connectivity index (χ1n) is 3.22. The number of hydrogen-bond acceptors (Lipinski definition) is 2. The molecule has 0 heterocycles. The molecule has 0 unspecified atom stereocenters. The zero-order valence-electron chi connectivity index (χ0n) is 6.02. The van der Waals surface area contributed by atoms with E-state index in [4.69, 9.17) is 0 Å². The van der Waals surface area contributed by atoms with Gasteiger partial charge in [-0.25, -0.2) is 0 Å². The number of rotatable bonds is 3. The lowest BCUT2D eigenvalue weighted by Crippen LogP contribution is -2.32. The van der Waals surface area contributed by atoms with E-state index in [1.165, 1.54) is 6.08 Å². The maximum Gasteiger partial charge on any atom is 0.244 e. The summed E-state index contributed by atoms with van der Waals surface area (Å²) in [5.41, 5.74) is 0. The zero-order chi connectivity index (χ0) is 7.61. The molecule has 1 aliphatic rings. The van der Waals surface area contributed by atoms with Gasteiger partial charge in [0.2, 0.25) is 5.91 Å². The summed E-state index contributed by atoms with van der Waals surface area (Å²) in [5.74, 6) is -0.0631. The molecular formula is C7H11NOS. The second-order valence-electron chi connectivity index (χ2n) is 2.39. The monoisotopic (exact) mass is 157 g/mol. The Bertz CT molecular complexity index is 163. The van der Waals surface area contributed by atoms with E-state index in [0.29, 0.717) is 0 Å². The highest BCUT2D eigenvalue weighted by atomic mass is 32.2. The van der Waals surface area contributed by atoms with Gasteiger partial charge < -0.3 is 5.32 Å². The fraction of sp³-hybridized carbons (Fsp3) is 0.571. The highest BCUT2D eigenvalue weighted by Gasteiger charge is 2.42. The maximum absolute atomic E-state index is 10.8. The van der Waals surface area contributed by atoms with Crippen LogP contribution in [0.2, 0.25) is 0 Å². The maximum atomic E-state index is 10.8. The predicted molar refractivity (Wildman–Crippen MR) is 43.8 cm³/mol. The Kier molecular flexibility index (Phi) is 2.04. The van der Waals surface area contributed by atoms with Gasteiger partial charge in [-0.3, -0.25) is 4.79 Å². The molecule has 1 saturated carbocycles. The molecule has 0 saturated heterocycles. The van der Waals surface area contributed by atoms with Crippen LogP contribution in [-0.2, 0) is 4.79 Å². The third-order valence-electron chi connectivity index (χ3n) is 1.63. The molecule has 0 atom stereocenters. The van der Waals surface area contributed by atoms with Crippen LogP contribution in [0.1, 0.15) is 12.8 Å². The molecule has 0 aromatic heterocycles. The lowest BCUT2D eigenvalue weighted by atomic mass is 10.5. The first-order valence-corrected chi connectivity index (χ1v) is 4.45. The average molecular weight is 157 g/mol. The van der Waals surface area contributed by atoms with Crippen LogP contribution in [0.3, 0.4) is 0 Å². The fourth-order valence-electron chi connectivity index (χ4n) is 0.769. The van der Waals surface area contributed by atoms with Crippen molar-refractivity contribution >= 4 is 17.7 Å². The summed E-state index contributed by atoms with van der Waals surface area (Å²) in [5, 5.41) is 2.87. The largest absolute Gasteiger partial charge is 0.338 e. The van der Waals surface area contributed by atoms with Gasteiger partial charge in [0.15, 0.2) is 0 Å². The normalized spacial score (nSPS) is 19.7. The molecule has 56 valence electrons. The van der Waals surface area contributed by atoms with Crippen molar-refractivity contribution in [2.24, 2.45) is 0 Å². The highest BCUT2D eigenvalue weighted by molar-refractivity contribution is 8.00. The van der Waals surface area contributed by atoms with Crippen LogP contribution < -0.4 is 5.32 Å². The number of nitrogens with one attached hydrogen (secondary N) is 1. The molecule has 0 radical (unpaired) electrons. The molecule has 0 aliphatic heterocycles. The zero-order valence-corrected chi connectivity index (χ0v) is 6.83. The summed E-state index contributed by atoms with van der Waals surface area (Å²) in [6.45, 7) is 3.39. The Morgan fingerprint density at radius 1 is 1.80 bits per heavy atom. The van der Waals surface area contributed by atoms with Gasteiger partial charge in [0.05, 0.1) is 4.87 Å². The fourth-order valence-corrected chi connectivity index (χ4v) is 1.48. The second-order valence-corrected chi connectivity index (χ2v) is 3.58. The molecule has 1 aliphatic carbocycles. The predicted octanol–water partition coefficient (Wildman–Crippen LogP) is 1.14. The molecule has 1 fully saturated rings. The van der Waals surface area contributed by atoms with Gasteiger partial charge in [-0.1, -0.05) is 6.58 Å². The Hall–Kier alpha value is -0.440. The average Bonchev–Trinajstić information content (AvgIpc) is 2.70. The van der Waals surface area contributed by atoms with Crippen LogP contribution in [0.15, 0.2) is 12.7 Å². The minimum atomic E-state index is -0.0631. The number of carbonyl (C=O) groups is 1. The standard InChI is InChI=1S/C7H11NOS/c1-3-6(9)8-7(10-2)4-5-7/h3H,1,4-5H2,2H3,(H,8,9). The number of hydrogen-bond donors (Lipinski definition) is 1. The topological polar surface area (TPSA) is 29.1 Å². The van der Waals surface area contributed by atoms with E-state index in [2.05, 4.69) is 11.9 Å². The molecule has 0 spiro atoms. The number of amides is 1. The smallest absolute Gasteiger partial charge is 0.244 e. The third-order valence-corrected chi connectivity index (χ3v) is 2.92. The molecule has 2 nitrogen and oxygen atoms in total. The van der Waals surface area contributed by atoms with Gasteiger partial charge in [0.25, 0.3) is 0 Å². The molecule has 1 N–H and O–H groups in total. The SMILES string of the molecule is C=CC(=O)NC1(SC)CC1. The van der Waals surface area contributed by atoms with Crippen molar-refractivity contribution in [3.63, 3.8) is 0 Å². The molecule has 10 heavy (non-hydrogen) atoms. The summed E-state index contributed by atoms with van der Waals surface area (Å²) in [4.78, 5) is 10.8. The van der Waals surface area contributed by atoms with Gasteiger partial charge >= 0.3 is 0 Å².